The minimum Gasteiger partial charge on any atom is -0.356 e. The Kier molecular flexibility index (Phi) is 5.88. The number of nitrogens with one attached hydrogen (secondary N) is 1. The predicted octanol–water partition coefficient (Wildman–Crippen LogP) is 5.32. The molecule has 1 aliphatic rings. The van der Waals surface area contributed by atoms with Gasteiger partial charge in [-0.1, -0.05) is 30.3 Å². The Morgan fingerprint density at radius 3 is 1.86 bits per heavy atom. The van der Waals surface area contributed by atoms with Crippen molar-refractivity contribution in [3.05, 3.63) is 119 Å². The van der Waals surface area contributed by atoms with E-state index in [4.69, 9.17) is 0 Å². The molecule has 4 aromatic rings. The van der Waals surface area contributed by atoms with Crippen molar-refractivity contribution in [3.8, 4) is 0 Å². The van der Waals surface area contributed by atoms with Gasteiger partial charge in [0.1, 0.15) is 0 Å². The molecule has 0 aromatic heterocycles. The quantitative estimate of drug-likeness (QED) is 0.301. The van der Waals surface area contributed by atoms with E-state index in [0.717, 1.165) is 11.4 Å². The zero-order valence-electron chi connectivity index (χ0n) is 19.3. The van der Waals surface area contributed by atoms with E-state index in [9.17, 15) is 19.2 Å². The Balaban J connectivity index is 1.28. The number of hydrogen-bond acceptors (Lipinski definition) is 5. The molecule has 0 bridgehead atoms. The number of aldehydes is 1. The average Bonchev–Trinajstić information content (AvgIpc) is 3.18. The number of carbonyl (C=O) groups excluding carboxylic acids is 4. The number of imide groups is 1. The van der Waals surface area contributed by atoms with E-state index in [-0.39, 0.29) is 17.7 Å². The van der Waals surface area contributed by atoms with Gasteiger partial charge in [0.2, 0.25) is 0 Å². The minimum absolute atomic E-state index is 0.276. The zero-order valence-corrected chi connectivity index (χ0v) is 19.3. The summed E-state index contributed by atoms with van der Waals surface area (Å²) in [6.07, 6.45) is 0.674. The molecule has 36 heavy (non-hydrogen) atoms. The summed E-state index contributed by atoms with van der Waals surface area (Å²) < 4.78 is 0. The third kappa shape index (κ3) is 4.03. The van der Waals surface area contributed by atoms with Gasteiger partial charge in [-0.2, -0.15) is 0 Å². The fraction of sp³-hybridized carbons (Fsp3) is 0.0345. The molecule has 0 fully saturated rings. The zero-order chi connectivity index (χ0) is 25.2. The Morgan fingerprint density at radius 2 is 1.28 bits per heavy atom. The van der Waals surface area contributed by atoms with Crippen LogP contribution in [0.15, 0.2) is 97.1 Å². The lowest BCUT2D eigenvalue weighted by Crippen LogP contribution is -2.29. The van der Waals surface area contributed by atoms with Crippen LogP contribution in [0.25, 0.3) is 0 Å². The lowest BCUT2D eigenvalue weighted by molar-refractivity contribution is 0.0924. The van der Waals surface area contributed by atoms with Gasteiger partial charge in [0.25, 0.3) is 17.7 Å². The van der Waals surface area contributed by atoms with Gasteiger partial charge in [0.15, 0.2) is 6.29 Å². The number of fused-ring (bicyclic) bond motifs is 1. The summed E-state index contributed by atoms with van der Waals surface area (Å²) in [4.78, 5) is 52.2. The lowest BCUT2D eigenvalue weighted by Gasteiger charge is -2.19. The second kappa shape index (κ2) is 9.31. The molecule has 5 rings (SSSR count). The van der Waals surface area contributed by atoms with Crippen LogP contribution in [0.5, 0.6) is 0 Å². The molecule has 1 N–H and O–H groups in total. The van der Waals surface area contributed by atoms with Crippen LogP contribution in [0.3, 0.4) is 0 Å². The number of carbonyl (C=O) groups is 4. The second-order valence-corrected chi connectivity index (χ2v) is 8.28. The predicted molar refractivity (Wildman–Crippen MR) is 138 cm³/mol. The molecule has 7 heteroatoms. The number of nitrogens with zero attached hydrogens (tertiary/aromatic N) is 2. The molecule has 176 valence electrons. The van der Waals surface area contributed by atoms with Crippen LogP contribution in [0, 0.1) is 0 Å². The van der Waals surface area contributed by atoms with Gasteiger partial charge in [0, 0.05) is 29.7 Å². The molecule has 0 atom stereocenters. The molecule has 0 spiro atoms. The minimum atomic E-state index is -0.332. The van der Waals surface area contributed by atoms with E-state index in [1.165, 1.54) is 9.80 Å². The first-order chi connectivity index (χ1) is 17.5. The largest absolute Gasteiger partial charge is 0.356 e. The van der Waals surface area contributed by atoms with Gasteiger partial charge >= 0.3 is 0 Å². The highest BCUT2D eigenvalue weighted by atomic mass is 16.2. The number of rotatable bonds is 6. The Labute approximate surface area is 207 Å². The number of benzene rings is 4. The average molecular weight is 476 g/mol. The lowest BCUT2D eigenvalue weighted by atomic mass is 10.1. The van der Waals surface area contributed by atoms with Crippen molar-refractivity contribution in [2.75, 3.05) is 22.2 Å². The van der Waals surface area contributed by atoms with Crippen LogP contribution >= 0.6 is 0 Å². The molecule has 0 radical (unpaired) electrons. The number of hydrogen-bond donors (Lipinski definition) is 1. The van der Waals surface area contributed by atoms with Crippen molar-refractivity contribution in [2.24, 2.45) is 0 Å². The highest BCUT2D eigenvalue weighted by Gasteiger charge is 2.36. The third-order valence-electron chi connectivity index (χ3n) is 6.09. The molecule has 0 saturated carbocycles. The van der Waals surface area contributed by atoms with Crippen LogP contribution < -0.4 is 15.1 Å². The van der Waals surface area contributed by atoms with Gasteiger partial charge < -0.3 is 10.2 Å². The van der Waals surface area contributed by atoms with Crippen molar-refractivity contribution >= 4 is 46.8 Å². The maximum Gasteiger partial charge on any atom is 0.266 e. The van der Waals surface area contributed by atoms with Crippen LogP contribution in [0.4, 0.5) is 22.7 Å². The summed E-state index contributed by atoms with van der Waals surface area (Å²) in [5, 5.41) is 3.27. The maximum absolute atomic E-state index is 12.9. The Bertz CT molecular complexity index is 1460. The highest BCUT2D eigenvalue weighted by molar-refractivity contribution is 6.34. The maximum atomic E-state index is 12.9. The molecule has 0 saturated heterocycles. The smallest absolute Gasteiger partial charge is 0.266 e. The van der Waals surface area contributed by atoms with Crippen molar-refractivity contribution in [3.63, 3.8) is 0 Å². The molecular weight excluding hydrogens is 454 g/mol. The van der Waals surface area contributed by atoms with E-state index in [1.807, 2.05) is 12.1 Å². The first kappa shape index (κ1) is 22.7. The molecule has 0 unspecified atom stereocenters. The SMILES string of the molecule is CN(C(=O)c1ccccc1C=O)c1ccc(Nc2ccc(N3C(=O)c4ccccc4C3=O)cc2)cc1. The molecule has 7 nitrogen and oxygen atoms in total. The molecular formula is C29H21N3O4. The van der Waals surface area contributed by atoms with Gasteiger partial charge in [0.05, 0.1) is 22.4 Å². The van der Waals surface area contributed by atoms with Crippen LogP contribution in [-0.4, -0.2) is 31.1 Å². The monoisotopic (exact) mass is 475 g/mol. The molecule has 0 aliphatic carbocycles. The molecule has 1 heterocycles. The van der Waals surface area contributed by atoms with Gasteiger partial charge in [-0.15, -0.1) is 0 Å². The number of anilines is 4. The summed E-state index contributed by atoms with van der Waals surface area (Å²) in [5.74, 6) is -0.940. The second-order valence-electron chi connectivity index (χ2n) is 8.28. The van der Waals surface area contributed by atoms with E-state index < -0.39 is 0 Å². The third-order valence-corrected chi connectivity index (χ3v) is 6.09. The van der Waals surface area contributed by atoms with Crippen molar-refractivity contribution in [2.45, 2.75) is 0 Å². The van der Waals surface area contributed by atoms with Crippen LogP contribution in [0.2, 0.25) is 0 Å². The van der Waals surface area contributed by atoms with Gasteiger partial charge in [-0.05, 0) is 66.7 Å². The van der Waals surface area contributed by atoms with E-state index in [1.54, 1.807) is 92.0 Å². The van der Waals surface area contributed by atoms with E-state index in [2.05, 4.69) is 5.32 Å². The summed E-state index contributed by atoms with van der Waals surface area (Å²) >= 11 is 0. The van der Waals surface area contributed by atoms with E-state index >= 15 is 0 Å². The first-order valence-corrected chi connectivity index (χ1v) is 11.2. The van der Waals surface area contributed by atoms with Crippen molar-refractivity contribution in [1.82, 2.24) is 0 Å². The topological polar surface area (TPSA) is 86.8 Å². The van der Waals surface area contributed by atoms with E-state index in [0.29, 0.717) is 39.9 Å². The normalized spacial score (nSPS) is 12.3. The van der Waals surface area contributed by atoms with Gasteiger partial charge in [-0.3, -0.25) is 19.2 Å². The summed E-state index contributed by atoms with van der Waals surface area (Å²) in [5.41, 5.74) is 4.23. The van der Waals surface area contributed by atoms with Crippen LogP contribution in [-0.2, 0) is 0 Å². The fourth-order valence-electron chi connectivity index (χ4n) is 4.15. The Hall–Kier alpha value is -5.04. The van der Waals surface area contributed by atoms with Crippen LogP contribution in [0.1, 0.15) is 41.4 Å². The highest BCUT2D eigenvalue weighted by Crippen LogP contribution is 2.30. The van der Waals surface area contributed by atoms with Gasteiger partial charge in [-0.25, -0.2) is 4.90 Å². The van der Waals surface area contributed by atoms with Crippen molar-refractivity contribution in [1.29, 1.82) is 0 Å². The molecule has 1 aliphatic heterocycles. The Morgan fingerprint density at radius 1 is 0.750 bits per heavy atom. The molecule has 3 amide bonds. The summed E-state index contributed by atoms with van der Waals surface area (Å²) in [6, 6.07) is 27.8. The fourth-order valence-corrected chi connectivity index (χ4v) is 4.15. The van der Waals surface area contributed by atoms with Crippen molar-refractivity contribution < 1.29 is 19.2 Å². The first-order valence-electron chi connectivity index (χ1n) is 11.2. The molecule has 4 aromatic carbocycles. The summed E-state index contributed by atoms with van der Waals surface area (Å²) in [6.45, 7) is 0. The number of amides is 3. The summed E-state index contributed by atoms with van der Waals surface area (Å²) in [7, 11) is 1.66. The standard InChI is InChI=1S/C29H21N3O4/c1-31(27(34)24-7-3-2-6-19(24)18-33)22-14-10-20(11-15-22)30-21-12-16-23(17-13-21)32-28(35)25-8-4-5-9-26(25)29(32)36/h2-18,30H,1H3.